The van der Waals surface area contributed by atoms with Crippen LogP contribution in [-0.2, 0) is 0 Å². The van der Waals surface area contributed by atoms with E-state index in [2.05, 4.69) is 4.90 Å². The summed E-state index contributed by atoms with van der Waals surface area (Å²) in [6.45, 7) is 3.11. The molecule has 1 aliphatic heterocycles. The van der Waals surface area contributed by atoms with E-state index in [0.29, 0.717) is 13.1 Å². The Balaban J connectivity index is 2.18. The molecule has 1 rings (SSSR count). The summed E-state index contributed by atoms with van der Waals surface area (Å²) in [5.41, 5.74) is 5.34. The highest BCUT2D eigenvalue weighted by atomic mass is 19.1. The maximum atomic E-state index is 12.7. The van der Waals surface area contributed by atoms with Crippen molar-refractivity contribution >= 4 is 0 Å². The summed E-state index contributed by atoms with van der Waals surface area (Å²) in [4.78, 5) is 2.09. The third-order valence-corrected chi connectivity index (χ3v) is 1.89. The van der Waals surface area contributed by atoms with Crippen LogP contribution < -0.4 is 5.73 Å². The van der Waals surface area contributed by atoms with E-state index in [4.69, 9.17) is 5.73 Å². The molecular formula is C7H15FN2. The van der Waals surface area contributed by atoms with Crippen LogP contribution in [0.15, 0.2) is 0 Å². The highest BCUT2D eigenvalue weighted by molar-refractivity contribution is 4.71. The second-order valence-corrected chi connectivity index (χ2v) is 2.83. The van der Waals surface area contributed by atoms with E-state index in [0.717, 1.165) is 25.9 Å². The lowest BCUT2D eigenvalue weighted by Gasteiger charge is -2.28. The molecule has 1 heterocycles. The predicted octanol–water partition coefficient (Wildman–Crippen LogP) is 0.379. The molecule has 0 aliphatic carbocycles. The second-order valence-electron chi connectivity index (χ2n) is 2.83. The zero-order chi connectivity index (χ0) is 7.40. The highest BCUT2D eigenvalue weighted by Crippen LogP contribution is 2.11. The number of likely N-dealkylation sites (tertiary alicyclic amines) is 1. The van der Waals surface area contributed by atoms with Gasteiger partial charge in [0.1, 0.15) is 6.17 Å². The van der Waals surface area contributed by atoms with Crippen molar-refractivity contribution < 1.29 is 4.39 Å². The van der Waals surface area contributed by atoms with Gasteiger partial charge in [0.15, 0.2) is 0 Å². The molecule has 0 bridgehead atoms. The minimum Gasteiger partial charge on any atom is -0.329 e. The van der Waals surface area contributed by atoms with Gasteiger partial charge >= 0.3 is 0 Å². The zero-order valence-corrected chi connectivity index (χ0v) is 6.22. The Morgan fingerprint density at radius 3 is 3.00 bits per heavy atom. The molecule has 10 heavy (non-hydrogen) atoms. The Labute approximate surface area is 61.2 Å². The Morgan fingerprint density at radius 2 is 2.40 bits per heavy atom. The van der Waals surface area contributed by atoms with Crippen molar-refractivity contribution in [1.29, 1.82) is 0 Å². The molecule has 60 valence electrons. The number of nitrogens with zero attached hydrogens (tertiary/aromatic N) is 1. The number of halogens is 1. The molecular weight excluding hydrogens is 131 g/mol. The maximum Gasteiger partial charge on any atom is 0.113 e. The Bertz CT molecular complexity index is 95.6. The van der Waals surface area contributed by atoms with Gasteiger partial charge in [-0.15, -0.1) is 0 Å². The molecule has 0 aromatic carbocycles. The van der Waals surface area contributed by atoms with Crippen molar-refractivity contribution in [1.82, 2.24) is 4.90 Å². The van der Waals surface area contributed by atoms with Crippen molar-refractivity contribution in [3.05, 3.63) is 0 Å². The number of nitrogens with two attached hydrogens (primary N) is 1. The van der Waals surface area contributed by atoms with Crippen LogP contribution in [0, 0.1) is 0 Å². The predicted molar refractivity (Wildman–Crippen MR) is 39.6 cm³/mol. The Morgan fingerprint density at radius 1 is 1.60 bits per heavy atom. The molecule has 0 radical (unpaired) electrons. The smallest absolute Gasteiger partial charge is 0.113 e. The van der Waals surface area contributed by atoms with E-state index in [1.165, 1.54) is 0 Å². The lowest BCUT2D eigenvalue weighted by atomic mass is 10.1. The first-order chi connectivity index (χ1) is 4.83. The van der Waals surface area contributed by atoms with E-state index >= 15 is 0 Å². The molecule has 1 saturated heterocycles. The summed E-state index contributed by atoms with van der Waals surface area (Å²) in [5, 5.41) is 0. The molecule has 2 nitrogen and oxygen atoms in total. The van der Waals surface area contributed by atoms with Gasteiger partial charge in [-0.05, 0) is 19.4 Å². The Hall–Kier alpha value is -0.150. The van der Waals surface area contributed by atoms with Crippen LogP contribution in [0.2, 0.25) is 0 Å². The van der Waals surface area contributed by atoms with Gasteiger partial charge in [0.05, 0.1) is 0 Å². The minimum absolute atomic E-state index is 0.594. The molecule has 1 aliphatic rings. The van der Waals surface area contributed by atoms with Crippen molar-refractivity contribution in [2.24, 2.45) is 5.73 Å². The maximum absolute atomic E-state index is 12.7. The zero-order valence-electron chi connectivity index (χ0n) is 6.22. The third kappa shape index (κ3) is 2.23. The lowest BCUT2D eigenvalue weighted by molar-refractivity contribution is 0.142. The Kier molecular flexibility index (Phi) is 3.09. The van der Waals surface area contributed by atoms with Gasteiger partial charge in [0, 0.05) is 19.6 Å². The lowest BCUT2D eigenvalue weighted by Crippen LogP contribution is -2.39. The van der Waals surface area contributed by atoms with Crippen LogP contribution in [0.1, 0.15) is 12.8 Å². The normalized spacial score (nSPS) is 28.8. The molecule has 3 heteroatoms. The number of alkyl halides is 1. The van der Waals surface area contributed by atoms with Crippen LogP contribution in [0.25, 0.3) is 0 Å². The third-order valence-electron chi connectivity index (χ3n) is 1.89. The summed E-state index contributed by atoms with van der Waals surface area (Å²) < 4.78 is 12.7. The molecule has 1 fully saturated rings. The fourth-order valence-electron chi connectivity index (χ4n) is 1.38. The molecule has 0 spiro atoms. The summed E-state index contributed by atoms with van der Waals surface area (Å²) in [7, 11) is 0. The van der Waals surface area contributed by atoms with Crippen molar-refractivity contribution in [2.45, 2.75) is 19.0 Å². The van der Waals surface area contributed by atoms with E-state index < -0.39 is 6.17 Å². The van der Waals surface area contributed by atoms with Crippen LogP contribution in [-0.4, -0.2) is 37.3 Å². The summed E-state index contributed by atoms with van der Waals surface area (Å²) in [6, 6.07) is 0. The first-order valence-corrected chi connectivity index (χ1v) is 3.89. The van der Waals surface area contributed by atoms with Gasteiger partial charge in [-0.3, -0.25) is 4.90 Å². The minimum atomic E-state index is -0.611. The summed E-state index contributed by atoms with van der Waals surface area (Å²) >= 11 is 0. The summed E-state index contributed by atoms with van der Waals surface area (Å²) in [5.74, 6) is 0. The molecule has 1 atom stereocenters. The van der Waals surface area contributed by atoms with Gasteiger partial charge in [-0.2, -0.15) is 0 Å². The quantitative estimate of drug-likeness (QED) is 0.610. The van der Waals surface area contributed by atoms with Crippen molar-refractivity contribution in [3.63, 3.8) is 0 Å². The van der Waals surface area contributed by atoms with Gasteiger partial charge < -0.3 is 5.73 Å². The standard InChI is InChI=1S/C7H15FN2/c8-7-2-1-4-10(6-7)5-3-9/h7H,1-6,9H2. The topological polar surface area (TPSA) is 29.3 Å². The molecule has 0 saturated carbocycles. The van der Waals surface area contributed by atoms with Crippen LogP contribution >= 0.6 is 0 Å². The van der Waals surface area contributed by atoms with Crippen LogP contribution in [0.4, 0.5) is 4.39 Å². The highest BCUT2D eigenvalue weighted by Gasteiger charge is 2.17. The fraction of sp³-hybridized carbons (Fsp3) is 1.00. The van der Waals surface area contributed by atoms with E-state index in [1.54, 1.807) is 0 Å². The fourth-order valence-corrected chi connectivity index (χ4v) is 1.38. The van der Waals surface area contributed by atoms with E-state index in [-0.39, 0.29) is 0 Å². The van der Waals surface area contributed by atoms with Gasteiger partial charge in [0.25, 0.3) is 0 Å². The second kappa shape index (κ2) is 3.88. The molecule has 1 unspecified atom stereocenters. The molecule has 0 amide bonds. The summed E-state index contributed by atoms with van der Waals surface area (Å²) in [6.07, 6.45) is 1.11. The first-order valence-electron chi connectivity index (χ1n) is 3.89. The van der Waals surface area contributed by atoms with Crippen LogP contribution in [0.3, 0.4) is 0 Å². The van der Waals surface area contributed by atoms with Gasteiger partial charge in [-0.1, -0.05) is 0 Å². The SMILES string of the molecule is NCCN1CCCC(F)C1. The number of hydrogen-bond donors (Lipinski definition) is 1. The monoisotopic (exact) mass is 146 g/mol. The number of rotatable bonds is 2. The van der Waals surface area contributed by atoms with Crippen molar-refractivity contribution in [3.8, 4) is 0 Å². The van der Waals surface area contributed by atoms with Crippen molar-refractivity contribution in [2.75, 3.05) is 26.2 Å². The molecule has 0 aromatic rings. The molecule has 2 N–H and O–H groups in total. The number of hydrogen-bond acceptors (Lipinski definition) is 2. The average Bonchev–Trinajstić information content (AvgIpc) is 1.88. The van der Waals surface area contributed by atoms with Crippen LogP contribution in [0.5, 0.6) is 0 Å². The van der Waals surface area contributed by atoms with E-state index in [9.17, 15) is 4.39 Å². The largest absolute Gasteiger partial charge is 0.329 e. The van der Waals surface area contributed by atoms with E-state index in [1.807, 2.05) is 0 Å². The number of piperidine rings is 1. The first kappa shape index (κ1) is 7.95. The molecule has 0 aromatic heterocycles. The van der Waals surface area contributed by atoms with Gasteiger partial charge in [0.2, 0.25) is 0 Å². The average molecular weight is 146 g/mol. The van der Waals surface area contributed by atoms with Gasteiger partial charge in [-0.25, -0.2) is 4.39 Å².